The Morgan fingerprint density at radius 1 is 1.14 bits per heavy atom. The summed E-state index contributed by atoms with van der Waals surface area (Å²) in [5.41, 5.74) is 2.39. The Morgan fingerprint density at radius 3 is 2.55 bits per heavy atom. The van der Waals surface area contributed by atoms with E-state index in [0.29, 0.717) is 18.1 Å². The van der Waals surface area contributed by atoms with Gasteiger partial charge in [-0.2, -0.15) is 0 Å². The fourth-order valence-electron chi connectivity index (χ4n) is 2.10. The molecule has 3 nitrogen and oxygen atoms in total. The summed E-state index contributed by atoms with van der Waals surface area (Å²) in [6, 6.07) is 14.4. The Balaban J connectivity index is 2.02. The minimum absolute atomic E-state index is 0.445. The molecule has 4 heteroatoms. The second kappa shape index (κ2) is 8.61. The van der Waals surface area contributed by atoms with E-state index >= 15 is 0 Å². The molecule has 0 amide bonds. The van der Waals surface area contributed by atoms with Crippen molar-refractivity contribution in [1.29, 1.82) is 0 Å². The molecular weight excluding hydrogens is 342 g/mol. The Kier molecular flexibility index (Phi) is 6.49. The van der Waals surface area contributed by atoms with Gasteiger partial charge in [0.05, 0.1) is 11.6 Å². The van der Waals surface area contributed by atoms with Crippen molar-refractivity contribution in [1.82, 2.24) is 5.32 Å². The van der Waals surface area contributed by atoms with Gasteiger partial charge in [-0.1, -0.05) is 43.0 Å². The molecular formula is C18H20BrNO2. The first-order valence-corrected chi connectivity index (χ1v) is 7.88. The second-order valence-corrected chi connectivity index (χ2v) is 5.65. The van der Waals surface area contributed by atoms with E-state index in [-0.39, 0.29) is 0 Å². The quantitative estimate of drug-likeness (QED) is 0.710. The number of hydrogen-bond donors (Lipinski definition) is 1. The molecule has 0 saturated carbocycles. The largest absolute Gasteiger partial charge is 0.493 e. The van der Waals surface area contributed by atoms with Crippen molar-refractivity contribution < 1.29 is 9.47 Å². The highest BCUT2D eigenvalue weighted by Gasteiger charge is 2.11. The second-order valence-electron chi connectivity index (χ2n) is 4.80. The summed E-state index contributed by atoms with van der Waals surface area (Å²) in [6.07, 6.45) is 1.71. The number of ether oxygens (including phenoxy) is 2. The zero-order valence-electron chi connectivity index (χ0n) is 12.6. The molecule has 2 aromatic carbocycles. The maximum atomic E-state index is 5.63. The SMILES string of the molecule is C=CCOc1c(Br)cc(CNCc2ccccc2)cc1OC. The van der Waals surface area contributed by atoms with Crippen LogP contribution < -0.4 is 14.8 Å². The lowest BCUT2D eigenvalue weighted by Gasteiger charge is -2.14. The van der Waals surface area contributed by atoms with Crippen molar-refractivity contribution in [3.63, 3.8) is 0 Å². The number of hydrogen-bond acceptors (Lipinski definition) is 3. The van der Waals surface area contributed by atoms with Crippen LogP contribution >= 0.6 is 15.9 Å². The van der Waals surface area contributed by atoms with E-state index in [1.54, 1.807) is 13.2 Å². The number of methoxy groups -OCH3 is 1. The van der Waals surface area contributed by atoms with E-state index in [4.69, 9.17) is 9.47 Å². The van der Waals surface area contributed by atoms with Crippen LogP contribution in [0.4, 0.5) is 0 Å². The molecule has 0 atom stereocenters. The van der Waals surface area contributed by atoms with Crippen LogP contribution in [0.3, 0.4) is 0 Å². The molecule has 0 unspecified atom stereocenters. The maximum absolute atomic E-state index is 5.63. The van der Waals surface area contributed by atoms with Crippen LogP contribution in [0.25, 0.3) is 0 Å². The third-order valence-electron chi connectivity index (χ3n) is 3.14. The van der Waals surface area contributed by atoms with E-state index in [2.05, 4.69) is 40.0 Å². The minimum Gasteiger partial charge on any atom is -0.493 e. The first-order chi connectivity index (χ1) is 10.7. The predicted octanol–water partition coefficient (Wildman–Crippen LogP) is 4.31. The summed E-state index contributed by atoms with van der Waals surface area (Å²) < 4.78 is 11.9. The summed E-state index contributed by atoms with van der Waals surface area (Å²) in [5.74, 6) is 1.42. The zero-order valence-corrected chi connectivity index (χ0v) is 14.2. The molecule has 0 aliphatic carbocycles. The third kappa shape index (κ3) is 4.61. The van der Waals surface area contributed by atoms with Gasteiger partial charge in [0.15, 0.2) is 11.5 Å². The van der Waals surface area contributed by atoms with Gasteiger partial charge in [-0.15, -0.1) is 0 Å². The number of benzene rings is 2. The predicted molar refractivity (Wildman–Crippen MR) is 93.4 cm³/mol. The highest BCUT2D eigenvalue weighted by atomic mass is 79.9. The number of rotatable bonds is 8. The van der Waals surface area contributed by atoms with E-state index < -0.39 is 0 Å². The highest BCUT2D eigenvalue weighted by molar-refractivity contribution is 9.10. The van der Waals surface area contributed by atoms with Gasteiger partial charge in [-0.25, -0.2) is 0 Å². The Hall–Kier alpha value is -1.78. The molecule has 0 heterocycles. The van der Waals surface area contributed by atoms with E-state index in [1.807, 2.05) is 30.3 Å². The van der Waals surface area contributed by atoms with Gasteiger partial charge in [0.2, 0.25) is 0 Å². The molecule has 0 spiro atoms. The lowest BCUT2D eigenvalue weighted by molar-refractivity contribution is 0.324. The lowest BCUT2D eigenvalue weighted by Crippen LogP contribution is -2.12. The van der Waals surface area contributed by atoms with Crippen LogP contribution in [-0.2, 0) is 13.1 Å². The molecule has 2 aromatic rings. The molecule has 0 radical (unpaired) electrons. The molecule has 116 valence electrons. The van der Waals surface area contributed by atoms with Crippen LogP contribution in [0.1, 0.15) is 11.1 Å². The summed E-state index contributed by atoms with van der Waals surface area (Å²) in [5, 5.41) is 3.43. The Morgan fingerprint density at radius 2 is 1.86 bits per heavy atom. The average molecular weight is 362 g/mol. The van der Waals surface area contributed by atoms with Crippen molar-refractivity contribution in [2.24, 2.45) is 0 Å². The molecule has 0 aliphatic rings. The van der Waals surface area contributed by atoms with Gasteiger partial charge >= 0.3 is 0 Å². The van der Waals surface area contributed by atoms with E-state index in [9.17, 15) is 0 Å². The van der Waals surface area contributed by atoms with Crippen molar-refractivity contribution in [3.8, 4) is 11.5 Å². The molecule has 2 rings (SSSR count). The van der Waals surface area contributed by atoms with Gasteiger partial charge in [-0.3, -0.25) is 0 Å². The Labute approximate surface area is 140 Å². The van der Waals surface area contributed by atoms with Gasteiger partial charge in [0.25, 0.3) is 0 Å². The number of halogens is 1. The highest BCUT2D eigenvalue weighted by Crippen LogP contribution is 2.36. The summed E-state index contributed by atoms with van der Waals surface area (Å²) in [7, 11) is 1.64. The van der Waals surface area contributed by atoms with Gasteiger partial charge < -0.3 is 14.8 Å². The monoisotopic (exact) mass is 361 g/mol. The molecule has 1 N–H and O–H groups in total. The van der Waals surface area contributed by atoms with Gasteiger partial charge in [0.1, 0.15) is 6.61 Å². The van der Waals surface area contributed by atoms with Crippen LogP contribution in [0, 0.1) is 0 Å². The van der Waals surface area contributed by atoms with Crippen LogP contribution in [0.2, 0.25) is 0 Å². The van der Waals surface area contributed by atoms with Gasteiger partial charge in [-0.05, 0) is 39.2 Å². The number of nitrogens with one attached hydrogen (secondary N) is 1. The normalized spacial score (nSPS) is 10.3. The zero-order chi connectivity index (χ0) is 15.8. The lowest BCUT2D eigenvalue weighted by atomic mass is 10.2. The molecule has 0 aliphatic heterocycles. The van der Waals surface area contributed by atoms with Crippen molar-refractivity contribution >= 4 is 15.9 Å². The summed E-state index contributed by atoms with van der Waals surface area (Å²) in [6.45, 7) is 5.69. The van der Waals surface area contributed by atoms with Crippen molar-refractivity contribution in [2.45, 2.75) is 13.1 Å². The van der Waals surface area contributed by atoms with Crippen LogP contribution in [0.15, 0.2) is 59.6 Å². The fourth-order valence-corrected chi connectivity index (χ4v) is 2.71. The maximum Gasteiger partial charge on any atom is 0.175 e. The Bertz CT molecular complexity index is 614. The van der Waals surface area contributed by atoms with E-state index in [1.165, 1.54) is 5.56 Å². The first kappa shape index (κ1) is 16.6. The topological polar surface area (TPSA) is 30.5 Å². The molecule has 0 aromatic heterocycles. The first-order valence-electron chi connectivity index (χ1n) is 7.09. The summed E-state index contributed by atoms with van der Waals surface area (Å²) in [4.78, 5) is 0. The molecule has 22 heavy (non-hydrogen) atoms. The fraction of sp³-hybridized carbons (Fsp3) is 0.222. The van der Waals surface area contributed by atoms with Crippen LogP contribution in [-0.4, -0.2) is 13.7 Å². The standard InChI is InChI=1S/C18H20BrNO2/c1-3-9-22-18-16(19)10-15(11-17(18)21-2)13-20-12-14-7-5-4-6-8-14/h3-8,10-11,20H,1,9,12-13H2,2H3. The van der Waals surface area contributed by atoms with Crippen LogP contribution in [0.5, 0.6) is 11.5 Å². The van der Waals surface area contributed by atoms with Crippen molar-refractivity contribution in [3.05, 3.63) is 70.7 Å². The smallest absolute Gasteiger partial charge is 0.175 e. The average Bonchev–Trinajstić information content (AvgIpc) is 2.54. The molecule has 0 bridgehead atoms. The minimum atomic E-state index is 0.445. The molecule has 0 fully saturated rings. The summed E-state index contributed by atoms with van der Waals surface area (Å²) >= 11 is 3.54. The third-order valence-corrected chi connectivity index (χ3v) is 3.72. The van der Waals surface area contributed by atoms with Gasteiger partial charge in [0, 0.05) is 13.1 Å². The molecule has 0 saturated heterocycles. The van der Waals surface area contributed by atoms with Crippen molar-refractivity contribution in [2.75, 3.05) is 13.7 Å². The van der Waals surface area contributed by atoms with E-state index in [0.717, 1.165) is 23.1 Å².